The maximum absolute atomic E-state index is 13.0. The first-order valence-electron chi connectivity index (χ1n) is 7.11. The van der Waals surface area contributed by atoms with Crippen molar-refractivity contribution in [2.24, 2.45) is 5.92 Å². The number of halogens is 2. The quantitative estimate of drug-likeness (QED) is 0.770. The van der Waals surface area contributed by atoms with Gasteiger partial charge in [0.05, 0.1) is 0 Å². The zero-order valence-electron chi connectivity index (χ0n) is 11.1. The van der Waals surface area contributed by atoms with Crippen LogP contribution in [-0.2, 0) is 11.2 Å². The highest BCUT2D eigenvalue weighted by molar-refractivity contribution is 5.80. The molecule has 3 heteroatoms. The fraction of sp³-hybridized carbons (Fsp3) is 0.562. The average molecular weight is 266 g/mol. The molecule has 0 heterocycles. The van der Waals surface area contributed by atoms with Crippen LogP contribution in [0.4, 0.5) is 8.78 Å². The van der Waals surface area contributed by atoms with E-state index in [0.717, 1.165) is 18.6 Å². The highest BCUT2D eigenvalue weighted by atomic mass is 19.2. The SMILES string of the molecule is O=C(CCC1CCCCC1)Cc1ccc(F)c(F)c1. The van der Waals surface area contributed by atoms with Crippen molar-refractivity contribution in [2.45, 2.75) is 51.4 Å². The molecule has 1 fully saturated rings. The molecule has 1 aliphatic carbocycles. The second-order valence-electron chi connectivity index (χ2n) is 5.51. The van der Waals surface area contributed by atoms with E-state index in [1.807, 2.05) is 0 Å². The van der Waals surface area contributed by atoms with E-state index < -0.39 is 11.6 Å². The number of Topliss-reactive ketones (excluding diaryl/α,β-unsaturated/α-hetero) is 1. The lowest BCUT2D eigenvalue weighted by atomic mass is 9.85. The lowest BCUT2D eigenvalue weighted by Gasteiger charge is -2.20. The van der Waals surface area contributed by atoms with Crippen LogP contribution in [0.5, 0.6) is 0 Å². The zero-order valence-corrected chi connectivity index (χ0v) is 11.1. The molecule has 0 atom stereocenters. The molecule has 0 saturated heterocycles. The third-order valence-electron chi connectivity index (χ3n) is 3.94. The Hall–Kier alpha value is -1.25. The van der Waals surface area contributed by atoms with Crippen molar-refractivity contribution in [3.8, 4) is 0 Å². The standard InChI is InChI=1S/C16H20F2O/c17-15-9-7-13(11-16(15)18)10-14(19)8-6-12-4-2-1-3-5-12/h7,9,11-12H,1-6,8,10H2. The van der Waals surface area contributed by atoms with E-state index in [4.69, 9.17) is 0 Å². The predicted molar refractivity (Wildman–Crippen MR) is 70.9 cm³/mol. The minimum atomic E-state index is -0.877. The van der Waals surface area contributed by atoms with Gasteiger partial charge in [-0.15, -0.1) is 0 Å². The molecule has 0 N–H and O–H groups in total. The van der Waals surface area contributed by atoms with Crippen LogP contribution in [0.1, 0.15) is 50.5 Å². The van der Waals surface area contributed by atoms with Crippen LogP contribution >= 0.6 is 0 Å². The van der Waals surface area contributed by atoms with Gasteiger partial charge in [0, 0.05) is 12.8 Å². The van der Waals surface area contributed by atoms with Gasteiger partial charge in [0.1, 0.15) is 5.78 Å². The first-order valence-corrected chi connectivity index (χ1v) is 7.11. The molecule has 1 aromatic rings. The normalized spacial score (nSPS) is 16.5. The molecule has 0 bridgehead atoms. The molecular weight excluding hydrogens is 246 g/mol. The number of benzene rings is 1. The van der Waals surface area contributed by atoms with Crippen molar-refractivity contribution in [3.63, 3.8) is 0 Å². The smallest absolute Gasteiger partial charge is 0.159 e. The maximum atomic E-state index is 13.0. The Bertz CT molecular complexity index is 436. The van der Waals surface area contributed by atoms with Gasteiger partial charge in [-0.05, 0) is 30.0 Å². The van der Waals surface area contributed by atoms with Crippen LogP contribution in [0.15, 0.2) is 18.2 Å². The Balaban J connectivity index is 1.78. The molecule has 0 spiro atoms. The van der Waals surface area contributed by atoms with E-state index in [-0.39, 0.29) is 12.2 Å². The van der Waals surface area contributed by atoms with Crippen molar-refractivity contribution in [2.75, 3.05) is 0 Å². The van der Waals surface area contributed by atoms with Gasteiger partial charge in [-0.3, -0.25) is 4.79 Å². The van der Waals surface area contributed by atoms with Crippen LogP contribution in [0.25, 0.3) is 0 Å². The molecule has 0 radical (unpaired) electrons. The first kappa shape index (κ1) is 14.2. The van der Waals surface area contributed by atoms with E-state index in [9.17, 15) is 13.6 Å². The van der Waals surface area contributed by atoms with Gasteiger partial charge < -0.3 is 0 Å². The summed E-state index contributed by atoms with van der Waals surface area (Å²) in [5, 5.41) is 0. The van der Waals surface area contributed by atoms with Crippen molar-refractivity contribution in [1.82, 2.24) is 0 Å². The van der Waals surface area contributed by atoms with Crippen molar-refractivity contribution >= 4 is 5.78 Å². The summed E-state index contributed by atoms with van der Waals surface area (Å²) in [6.45, 7) is 0. The second-order valence-corrected chi connectivity index (χ2v) is 5.51. The fourth-order valence-electron chi connectivity index (χ4n) is 2.81. The summed E-state index contributed by atoms with van der Waals surface area (Å²) in [6, 6.07) is 3.68. The summed E-state index contributed by atoms with van der Waals surface area (Å²) in [4.78, 5) is 11.8. The van der Waals surface area contributed by atoms with E-state index in [1.165, 1.54) is 38.2 Å². The van der Waals surface area contributed by atoms with Gasteiger partial charge in [-0.2, -0.15) is 0 Å². The van der Waals surface area contributed by atoms with Crippen LogP contribution in [0, 0.1) is 17.6 Å². The number of hydrogen-bond donors (Lipinski definition) is 0. The lowest BCUT2D eigenvalue weighted by Crippen LogP contribution is -2.10. The van der Waals surface area contributed by atoms with Crippen molar-refractivity contribution in [1.29, 1.82) is 0 Å². The van der Waals surface area contributed by atoms with Crippen molar-refractivity contribution in [3.05, 3.63) is 35.4 Å². The Labute approximate surface area is 113 Å². The second kappa shape index (κ2) is 6.78. The summed E-state index contributed by atoms with van der Waals surface area (Å²) in [5.41, 5.74) is 0.563. The predicted octanol–water partition coefficient (Wildman–Crippen LogP) is 4.44. The van der Waals surface area contributed by atoms with Crippen LogP contribution in [-0.4, -0.2) is 5.78 Å². The molecule has 104 valence electrons. The minimum Gasteiger partial charge on any atom is -0.299 e. The maximum Gasteiger partial charge on any atom is 0.159 e. The first-order chi connectivity index (χ1) is 9.15. The molecule has 1 nitrogen and oxygen atoms in total. The molecule has 0 amide bonds. The van der Waals surface area contributed by atoms with Crippen LogP contribution in [0.3, 0.4) is 0 Å². The lowest BCUT2D eigenvalue weighted by molar-refractivity contribution is -0.118. The Morgan fingerprint density at radius 2 is 1.84 bits per heavy atom. The topological polar surface area (TPSA) is 17.1 Å². The Morgan fingerprint density at radius 1 is 1.11 bits per heavy atom. The molecular formula is C16H20F2O. The summed E-state index contributed by atoms with van der Waals surface area (Å²) in [5.74, 6) is -0.935. The highest BCUT2D eigenvalue weighted by Crippen LogP contribution is 2.27. The summed E-state index contributed by atoms with van der Waals surface area (Å²) in [6.07, 6.45) is 8.07. The molecule has 1 aromatic carbocycles. The third-order valence-corrected chi connectivity index (χ3v) is 3.94. The summed E-state index contributed by atoms with van der Waals surface area (Å²) < 4.78 is 25.8. The third kappa shape index (κ3) is 4.41. The fourth-order valence-corrected chi connectivity index (χ4v) is 2.81. The number of carbonyl (C=O) groups excluding carboxylic acids is 1. The van der Waals surface area contributed by atoms with Gasteiger partial charge >= 0.3 is 0 Å². The summed E-state index contributed by atoms with van der Waals surface area (Å²) >= 11 is 0. The number of hydrogen-bond acceptors (Lipinski definition) is 1. The number of rotatable bonds is 5. The molecule has 1 saturated carbocycles. The average Bonchev–Trinajstić information content (AvgIpc) is 2.42. The minimum absolute atomic E-state index is 0.122. The van der Waals surface area contributed by atoms with Crippen LogP contribution < -0.4 is 0 Å². The highest BCUT2D eigenvalue weighted by Gasteiger charge is 2.15. The van der Waals surface area contributed by atoms with E-state index in [2.05, 4.69) is 0 Å². The monoisotopic (exact) mass is 266 g/mol. The largest absolute Gasteiger partial charge is 0.299 e. The molecule has 2 rings (SSSR count). The van der Waals surface area contributed by atoms with Gasteiger partial charge in [0.25, 0.3) is 0 Å². The number of carbonyl (C=O) groups is 1. The molecule has 0 aromatic heterocycles. The summed E-state index contributed by atoms with van der Waals surface area (Å²) in [7, 11) is 0. The van der Waals surface area contributed by atoms with Crippen molar-refractivity contribution < 1.29 is 13.6 Å². The van der Waals surface area contributed by atoms with E-state index >= 15 is 0 Å². The van der Waals surface area contributed by atoms with E-state index in [1.54, 1.807) is 0 Å². The zero-order chi connectivity index (χ0) is 13.7. The van der Waals surface area contributed by atoms with Gasteiger partial charge in [-0.25, -0.2) is 8.78 Å². The molecule has 19 heavy (non-hydrogen) atoms. The van der Waals surface area contributed by atoms with Gasteiger partial charge in [0.15, 0.2) is 11.6 Å². The molecule has 0 aliphatic heterocycles. The van der Waals surface area contributed by atoms with Gasteiger partial charge in [-0.1, -0.05) is 38.2 Å². The Morgan fingerprint density at radius 3 is 2.53 bits per heavy atom. The van der Waals surface area contributed by atoms with Gasteiger partial charge in [0.2, 0.25) is 0 Å². The molecule has 1 aliphatic rings. The van der Waals surface area contributed by atoms with E-state index in [0.29, 0.717) is 17.9 Å². The Kier molecular flexibility index (Phi) is 5.06. The van der Waals surface area contributed by atoms with Crippen LogP contribution in [0.2, 0.25) is 0 Å². The molecule has 0 unspecified atom stereocenters. The number of ketones is 1.